The molecule has 0 aliphatic carbocycles. The van der Waals surface area contributed by atoms with Gasteiger partial charge in [-0.1, -0.05) is 47.5 Å². The van der Waals surface area contributed by atoms with Crippen LogP contribution in [0.5, 0.6) is 0 Å². The summed E-state index contributed by atoms with van der Waals surface area (Å²) in [4.78, 5) is 21.7. The second-order valence-corrected chi connectivity index (χ2v) is 9.80. The summed E-state index contributed by atoms with van der Waals surface area (Å²) in [5, 5.41) is 0.695. The first-order valence-corrected chi connectivity index (χ1v) is 11.1. The SMILES string of the molecule is CCc1ccc2nc(N(CCCN(C)C)C(=O)c3cc(Cl)sc3Cl)sc2c1.Cl. The normalized spacial score (nSPS) is 11.1. The molecule has 0 spiro atoms. The fourth-order valence-electron chi connectivity index (χ4n) is 2.75. The Labute approximate surface area is 189 Å². The van der Waals surface area contributed by atoms with Gasteiger partial charge in [-0.2, -0.15) is 0 Å². The van der Waals surface area contributed by atoms with E-state index >= 15 is 0 Å². The van der Waals surface area contributed by atoms with Crippen LogP contribution in [-0.2, 0) is 6.42 Å². The Morgan fingerprint density at radius 3 is 2.50 bits per heavy atom. The number of fused-ring (bicyclic) bond motifs is 1. The smallest absolute Gasteiger partial charge is 0.262 e. The van der Waals surface area contributed by atoms with E-state index in [-0.39, 0.29) is 18.3 Å². The van der Waals surface area contributed by atoms with Crippen LogP contribution in [-0.4, -0.2) is 43.0 Å². The number of nitrogens with zero attached hydrogens (tertiary/aromatic N) is 3. The van der Waals surface area contributed by atoms with Crippen molar-refractivity contribution < 1.29 is 4.79 Å². The number of carbonyl (C=O) groups excluding carboxylic acids is 1. The Balaban J connectivity index is 0.00000280. The molecule has 0 saturated carbocycles. The second kappa shape index (κ2) is 10.2. The third-order valence-electron chi connectivity index (χ3n) is 4.20. The molecule has 0 N–H and O–H groups in total. The Hall–Kier alpha value is -0.890. The molecule has 0 fully saturated rings. The van der Waals surface area contributed by atoms with Gasteiger partial charge < -0.3 is 4.90 Å². The summed E-state index contributed by atoms with van der Waals surface area (Å²) < 4.78 is 2.01. The van der Waals surface area contributed by atoms with E-state index in [0.717, 1.165) is 29.6 Å². The highest BCUT2D eigenvalue weighted by Crippen LogP contribution is 2.35. The summed E-state index contributed by atoms with van der Waals surface area (Å²) in [5.41, 5.74) is 2.60. The van der Waals surface area contributed by atoms with E-state index < -0.39 is 0 Å². The van der Waals surface area contributed by atoms with Gasteiger partial charge in [-0.05, 0) is 57.2 Å². The molecule has 3 rings (SSSR count). The molecule has 0 unspecified atom stereocenters. The van der Waals surface area contributed by atoms with E-state index in [1.54, 1.807) is 11.0 Å². The van der Waals surface area contributed by atoms with Crippen LogP contribution in [0.2, 0.25) is 8.67 Å². The van der Waals surface area contributed by atoms with Gasteiger partial charge in [0.2, 0.25) is 0 Å². The highest BCUT2D eigenvalue weighted by atomic mass is 35.5. The first-order valence-electron chi connectivity index (χ1n) is 8.70. The van der Waals surface area contributed by atoms with Crippen molar-refractivity contribution in [3.63, 3.8) is 0 Å². The molecule has 1 aromatic carbocycles. The Kier molecular flexibility index (Phi) is 8.55. The predicted octanol–water partition coefficient (Wildman–Crippen LogP) is 6.25. The van der Waals surface area contributed by atoms with Crippen molar-refractivity contribution in [2.24, 2.45) is 0 Å². The molecule has 9 heteroatoms. The molecule has 28 heavy (non-hydrogen) atoms. The lowest BCUT2D eigenvalue weighted by Crippen LogP contribution is -2.33. The number of carbonyl (C=O) groups is 1. The van der Waals surface area contributed by atoms with Gasteiger partial charge in [-0.15, -0.1) is 23.7 Å². The molecule has 0 aliphatic rings. The van der Waals surface area contributed by atoms with Gasteiger partial charge in [0.1, 0.15) is 4.34 Å². The fourth-order valence-corrected chi connectivity index (χ4v) is 5.25. The first-order chi connectivity index (χ1) is 12.9. The van der Waals surface area contributed by atoms with Gasteiger partial charge in [-0.3, -0.25) is 9.69 Å². The lowest BCUT2D eigenvalue weighted by atomic mass is 10.2. The van der Waals surface area contributed by atoms with Gasteiger partial charge in [0.15, 0.2) is 5.13 Å². The van der Waals surface area contributed by atoms with Gasteiger partial charge >= 0.3 is 0 Å². The van der Waals surface area contributed by atoms with Crippen LogP contribution in [0.3, 0.4) is 0 Å². The predicted molar refractivity (Wildman–Crippen MR) is 125 cm³/mol. The minimum absolute atomic E-state index is 0. The zero-order valence-electron chi connectivity index (χ0n) is 15.9. The number of benzene rings is 1. The van der Waals surface area contributed by atoms with Gasteiger partial charge in [0, 0.05) is 6.54 Å². The van der Waals surface area contributed by atoms with E-state index in [4.69, 9.17) is 28.2 Å². The molecule has 1 amide bonds. The Bertz CT molecular complexity index is 955. The molecule has 3 aromatic rings. The lowest BCUT2D eigenvalue weighted by Gasteiger charge is -2.20. The van der Waals surface area contributed by atoms with Crippen LogP contribution in [0.1, 0.15) is 29.3 Å². The maximum atomic E-state index is 13.2. The molecule has 0 radical (unpaired) electrons. The van der Waals surface area contributed by atoms with Crippen molar-refractivity contribution in [1.29, 1.82) is 0 Å². The number of rotatable bonds is 7. The third-order valence-corrected chi connectivity index (χ3v) is 6.73. The maximum absolute atomic E-state index is 13.2. The zero-order chi connectivity index (χ0) is 19.6. The number of halogens is 3. The monoisotopic (exact) mass is 477 g/mol. The lowest BCUT2D eigenvalue weighted by molar-refractivity contribution is 0.0986. The molecular weight excluding hydrogens is 457 g/mol. The molecule has 0 atom stereocenters. The second-order valence-electron chi connectivity index (χ2n) is 6.50. The van der Waals surface area contributed by atoms with Crippen molar-refractivity contribution in [3.8, 4) is 0 Å². The Morgan fingerprint density at radius 1 is 1.14 bits per heavy atom. The molecule has 0 aliphatic heterocycles. The summed E-state index contributed by atoms with van der Waals surface area (Å²) in [6, 6.07) is 7.89. The molecule has 2 heterocycles. The van der Waals surface area contributed by atoms with Crippen LogP contribution in [0.4, 0.5) is 5.13 Å². The van der Waals surface area contributed by atoms with E-state index in [1.807, 2.05) is 20.2 Å². The molecular formula is C19H22Cl3N3OS2. The number of hydrogen-bond donors (Lipinski definition) is 0. The van der Waals surface area contributed by atoms with Crippen molar-refractivity contribution in [2.75, 3.05) is 32.1 Å². The van der Waals surface area contributed by atoms with Crippen molar-refractivity contribution in [1.82, 2.24) is 9.88 Å². The minimum Gasteiger partial charge on any atom is -0.309 e. The summed E-state index contributed by atoms with van der Waals surface area (Å²) in [6.45, 7) is 3.58. The number of hydrogen-bond acceptors (Lipinski definition) is 5. The van der Waals surface area contributed by atoms with Gasteiger partial charge in [0.25, 0.3) is 5.91 Å². The molecule has 152 valence electrons. The highest BCUT2D eigenvalue weighted by Gasteiger charge is 2.24. The minimum atomic E-state index is -0.156. The summed E-state index contributed by atoms with van der Waals surface area (Å²) in [5.74, 6) is -0.156. The summed E-state index contributed by atoms with van der Waals surface area (Å²) in [6.07, 6.45) is 1.81. The number of anilines is 1. The van der Waals surface area contributed by atoms with Crippen molar-refractivity contribution >= 4 is 79.5 Å². The van der Waals surface area contributed by atoms with Crippen LogP contribution >= 0.6 is 58.3 Å². The maximum Gasteiger partial charge on any atom is 0.262 e. The summed E-state index contributed by atoms with van der Waals surface area (Å²) in [7, 11) is 4.04. The topological polar surface area (TPSA) is 36.4 Å². The number of aryl methyl sites for hydroxylation is 1. The number of aromatic nitrogens is 1. The molecule has 0 saturated heterocycles. The van der Waals surface area contributed by atoms with E-state index in [2.05, 4.69) is 24.0 Å². The Morgan fingerprint density at radius 2 is 1.89 bits per heavy atom. The van der Waals surface area contributed by atoms with E-state index in [1.165, 1.54) is 28.2 Å². The van der Waals surface area contributed by atoms with Gasteiger partial charge in [0.05, 0.1) is 20.1 Å². The van der Waals surface area contributed by atoms with Crippen LogP contribution in [0.15, 0.2) is 24.3 Å². The van der Waals surface area contributed by atoms with Gasteiger partial charge in [-0.25, -0.2) is 4.98 Å². The third kappa shape index (κ3) is 5.38. The molecule has 2 aromatic heterocycles. The quantitative estimate of drug-likeness (QED) is 0.403. The first kappa shape index (κ1) is 23.4. The van der Waals surface area contributed by atoms with Crippen LogP contribution < -0.4 is 4.90 Å². The average Bonchev–Trinajstić information content (AvgIpc) is 3.19. The highest BCUT2D eigenvalue weighted by molar-refractivity contribution is 7.22. The van der Waals surface area contributed by atoms with E-state index in [0.29, 0.717) is 25.9 Å². The number of thiazole rings is 1. The fraction of sp³-hybridized carbons (Fsp3) is 0.368. The zero-order valence-corrected chi connectivity index (χ0v) is 19.8. The van der Waals surface area contributed by atoms with Crippen LogP contribution in [0, 0.1) is 0 Å². The van der Waals surface area contributed by atoms with Crippen molar-refractivity contribution in [3.05, 3.63) is 44.1 Å². The van der Waals surface area contributed by atoms with E-state index in [9.17, 15) is 4.79 Å². The molecule has 0 bridgehead atoms. The van der Waals surface area contributed by atoms with Crippen molar-refractivity contribution in [2.45, 2.75) is 19.8 Å². The summed E-state index contributed by atoms with van der Waals surface area (Å²) >= 11 is 15.0. The molecule has 4 nitrogen and oxygen atoms in total. The number of thiophene rings is 1. The number of amides is 1. The average molecular weight is 479 g/mol. The van der Waals surface area contributed by atoms with Crippen LogP contribution in [0.25, 0.3) is 10.2 Å². The standard InChI is InChI=1S/C19H21Cl2N3OS2.ClH/c1-4-12-6-7-14-15(10-12)26-19(22-14)24(9-5-8-23(2)3)18(25)13-11-16(20)27-17(13)21;/h6-7,10-11H,4-5,8-9H2,1-3H3;1H. The largest absolute Gasteiger partial charge is 0.309 e.